The van der Waals surface area contributed by atoms with Crippen LogP contribution in [0.4, 0.5) is 0 Å². The van der Waals surface area contributed by atoms with Crippen LogP contribution in [0.25, 0.3) is 0 Å². The topological polar surface area (TPSA) is 30.5 Å². The van der Waals surface area contributed by atoms with Crippen molar-refractivity contribution in [3.8, 4) is 11.5 Å². The Morgan fingerprint density at radius 3 is 2.83 bits per heavy atom. The van der Waals surface area contributed by atoms with Gasteiger partial charge in [-0.25, -0.2) is 0 Å². The van der Waals surface area contributed by atoms with Gasteiger partial charge in [-0.1, -0.05) is 6.92 Å². The van der Waals surface area contributed by atoms with Crippen LogP contribution in [0.15, 0.2) is 10.5 Å². The van der Waals surface area contributed by atoms with Gasteiger partial charge < -0.3 is 14.8 Å². The average molecular weight is 312 g/mol. The van der Waals surface area contributed by atoms with Crippen LogP contribution in [-0.4, -0.2) is 13.3 Å². The largest absolute Gasteiger partial charge is 0.453 e. The monoisotopic (exact) mass is 311 g/mol. The fourth-order valence-corrected chi connectivity index (χ4v) is 3.57. The molecule has 0 amide bonds. The number of rotatable bonds is 2. The van der Waals surface area contributed by atoms with Crippen LogP contribution in [0.2, 0.25) is 0 Å². The van der Waals surface area contributed by atoms with E-state index in [0.717, 1.165) is 28.9 Å². The molecule has 0 aromatic heterocycles. The summed E-state index contributed by atoms with van der Waals surface area (Å²) in [6.07, 6.45) is 3.36. The predicted molar refractivity (Wildman–Crippen MR) is 74.2 cm³/mol. The first-order valence-electron chi connectivity index (χ1n) is 6.52. The molecule has 0 aliphatic carbocycles. The summed E-state index contributed by atoms with van der Waals surface area (Å²) in [5.74, 6) is 1.79. The number of hydrogen-bond acceptors (Lipinski definition) is 3. The normalized spacial score (nSPS) is 25.7. The highest BCUT2D eigenvalue weighted by atomic mass is 79.9. The van der Waals surface area contributed by atoms with Crippen LogP contribution in [-0.2, 0) is 12.0 Å². The van der Waals surface area contributed by atoms with Gasteiger partial charge in [0.1, 0.15) is 0 Å². The fourth-order valence-electron chi connectivity index (χ4n) is 3.05. The fraction of sp³-hybridized carbons (Fsp3) is 0.571. The summed E-state index contributed by atoms with van der Waals surface area (Å²) in [7, 11) is 0. The number of nitrogens with one attached hydrogen (secondary N) is 1. The van der Waals surface area contributed by atoms with E-state index in [9.17, 15) is 0 Å². The Morgan fingerprint density at radius 1 is 1.39 bits per heavy atom. The molecule has 0 radical (unpaired) electrons. The van der Waals surface area contributed by atoms with Crippen molar-refractivity contribution >= 4 is 15.9 Å². The molecule has 98 valence electrons. The second kappa shape index (κ2) is 4.42. The molecule has 1 aromatic rings. The molecule has 2 aliphatic heterocycles. The lowest BCUT2D eigenvalue weighted by Crippen LogP contribution is -2.34. The third-order valence-electron chi connectivity index (χ3n) is 4.02. The van der Waals surface area contributed by atoms with Gasteiger partial charge in [-0.3, -0.25) is 0 Å². The molecular formula is C14H18BrNO2. The molecule has 0 spiro atoms. The van der Waals surface area contributed by atoms with Crippen molar-refractivity contribution in [1.82, 2.24) is 5.32 Å². The SMILES string of the molecule is CCc1c(C2(C)CCCN2)cc(Br)c2c1OCO2. The third kappa shape index (κ3) is 1.74. The Kier molecular flexibility index (Phi) is 3.02. The maximum absolute atomic E-state index is 5.67. The van der Waals surface area contributed by atoms with Crippen molar-refractivity contribution < 1.29 is 9.47 Å². The van der Waals surface area contributed by atoms with E-state index in [1.54, 1.807) is 0 Å². The molecule has 3 nitrogen and oxygen atoms in total. The Labute approximate surface area is 116 Å². The summed E-state index contributed by atoms with van der Waals surface area (Å²) < 4.78 is 12.2. The van der Waals surface area contributed by atoms with Gasteiger partial charge in [0.05, 0.1) is 4.47 Å². The molecule has 18 heavy (non-hydrogen) atoms. The zero-order valence-electron chi connectivity index (χ0n) is 10.8. The molecule has 0 bridgehead atoms. The minimum atomic E-state index is 0.0643. The molecule has 1 atom stereocenters. The number of fused-ring (bicyclic) bond motifs is 1. The maximum atomic E-state index is 5.67. The number of benzene rings is 1. The maximum Gasteiger partial charge on any atom is 0.231 e. The lowest BCUT2D eigenvalue weighted by molar-refractivity contribution is 0.172. The molecule has 1 N–H and O–H groups in total. The number of ether oxygens (including phenoxy) is 2. The summed E-state index contributed by atoms with van der Waals surface area (Å²) in [5.41, 5.74) is 2.69. The number of halogens is 1. The van der Waals surface area contributed by atoms with Crippen LogP contribution in [0, 0.1) is 0 Å². The number of hydrogen-bond donors (Lipinski definition) is 1. The first-order valence-corrected chi connectivity index (χ1v) is 7.31. The molecule has 1 aromatic carbocycles. The van der Waals surface area contributed by atoms with Gasteiger partial charge >= 0.3 is 0 Å². The Balaban J connectivity index is 2.17. The van der Waals surface area contributed by atoms with Crippen LogP contribution in [0.5, 0.6) is 11.5 Å². The van der Waals surface area contributed by atoms with Crippen LogP contribution in [0.1, 0.15) is 37.8 Å². The van der Waals surface area contributed by atoms with Crippen LogP contribution < -0.4 is 14.8 Å². The quantitative estimate of drug-likeness (QED) is 0.908. The van der Waals surface area contributed by atoms with Gasteiger partial charge in [-0.05, 0) is 60.3 Å². The van der Waals surface area contributed by atoms with Crippen molar-refractivity contribution in [2.75, 3.05) is 13.3 Å². The van der Waals surface area contributed by atoms with Crippen molar-refractivity contribution in [1.29, 1.82) is 0 Å². The van der Waals surface area contributed by atoms with E-state index in [0.29, 0.717) is 6.79 Å². The van der Waals surface area contributed by atoms with E-state index in [1.165, 1.54) is 24.0 Å². The van der Waals surface area contributed by atoms with E-state index in [1.807, 2.05) is 0 Å². The molecule has 1 fully saturated rings. The minimum absolute atomic E-state index is 0.0643. The lowest BCUT2D eigenvalue weighted by atomic mass is 9.85. The van der Waals surface area contributed by atoms with Gasteiger partial charge in [-0.15, -0.1) is 0 Å². The third-order valence-corrected chi connectivity index (χ3v) is 4.61. The van der Waals surface area contributed by atoms with E-state index < -0.39 is 0 Å². The lowest BCUT2D eigenvalue weighted by Gasteiger charge is -2.28. The molecule has 2 heterocycles. The second-order valence-corrected chi connectivity index (χ2v) is 6.02. The molecule has 1 unspecified atom stereocenters. The molecule has 2 aliphatic rings. The standard InChI is InChI=1S/C14H18BrNO2/c1-3-9-10(14(2)5-4-6-16-14)7-11(15)13-12(9)17-8-18-13/h7,16H,3-6,8H2,1-2H3. The highest BCUT2D eigenvalue weighted by Crippen LogP contribution is 2.47. The summed E-state index contributed by atoms with van der Waals surface area (Å²) in [5, 5.41) is 3.63. The first kappa shape index (κ1) is 12.3. The van der Waals surface area contributed by atoms with Gasteiger partial charge in [0.25, 0.3) is 0 Å². The van der Waals surface area contributed by atoms with E-state index in [4.69, 9.17) is 9.47 Å². The molecular weight excluding hydrogens is 294 g/mol. The highest BCUT2D eigenvalue weighted by Gasteiger charge is 2.35. The Bertz CT molecular complexity index is 481. The molecule has 4 heteroatoms. The zero-order chi connectivity index (χ0) is 12.8. The van der Waals surface area contributed by atoms with E-state index in [-0.39, 0.29) is 5.54 Å². The van der Waals surface area contributed by atoms with Crippen molar-refractivity contribution in [3.63, 3.8) is 0 Å². The zero-order valence-corrected chi connectivity index (χ0v) is 12.4. The average Bonchev–Trinajstić information content (AvgIpc) is 2.98. The smallest absolute Gasteiger partial charge is 0.231 e. The molecule has 0 saturated carbocycles. The van der Waals surface area contributed by atoms with Gasteiger partial charge in [-0.2, -0.15) is 0 Å². The van der Waals surface area contributed by atoms with Gasteiger partial charge in [0.2, 0.25) is 6.79 Å². The summed E-state index contributed by atoms with van der Waals surface area (Å²) in [6.45, 7) is 5.87. The molecule has 3 rings (SSSR count). The van der Waals surface area contributed by atoms with Crippen molar-refractivity contribution in [2.45, 2.75) is 38.6 Å². The van der Waals surface area contributed by atoms with Crippen LogP contribution in [0.3, 0.4) is 0 Å². The highest BCUT2D eigenvalue weighted by molar-refractivity contribution is 9.10. The summed E-state index contributed by atoms with van der Waals surface area (Å²) >= 11 is 3.60. The van der Waals surface area contributed by atoms with Gasteiger partial charge in [0.15, 0.2) is 11.5 Å². The molecule has 1 saturated heterocycles. The first-order chi connectivity index (χ1) is 8.65. The Hall–Kier alpha value is -0.740. The van der Waals surface area contributed by atoms with E-state index >= 15 is 0 Å². The Morgan fingerprint density at radius 2 is 2.17 bits per heavy atom. The van der Waals surface area contributed by atoms with E-state index in [2.05, 4.69) is 41.2 Å². The van der Waals surface area contributed by atoms with Crippen molar-refractivity contribution in [2.24, 2.45) is 0 Å². The van der Waals surface area contributed by atoms with Gasteiger partial charge in [0, 0.05) is 11.1 Å². The second-order valence-electron chi connectivity index (χ2n) is 5.17. The summed E-state index contributed by atoms with van der Waals surface area (Å²) in [6, 6.07) is 2.20. The summed E-state index contributed by atoms with van der Waals surface area (Å²) in [4.78, 5) is 0. The predicted octanol–water partition coefficient (Wildman–Crippen LogP) is 3.34. The minimum Gasteiger partial charge on any atom is -0.453 e. The van der Waals surface area contributed by atoms with Crippen molar-refractivity contribution in [3.05, 3.63) is 21.7 Å². The van der Waals surface area contributed by atoms with Crippen LogP contribution >= 0.6 is 15.9 Å².